The van der Waals surface area contributed by atoms with Crippen molar-refractivity contribution in [3.63, 3.8) is 0 Å². The van der Waals surface area contributed by atoms with E-state index in [2.05, 4.69) is 10.3 Å². The zero-order valence-corrected chi connectivity index (χ0v) is 15.2. The van der Waals surface area contributed by atoms with Gasteiger partial charge in [0.15, 0.2) is 0 Å². The second-order valence-corrected chi connectivity index (χ2v) is 7.86. The number of carbonyl (C=O) groups is 1. The number of aliphatic hydroxyl groups is 1. The van der Waals surface area contributed by atoms with E-state index in [0.717, 1.165) is 6.42 Å². The fourth-order valence-electron chi connectivity index (χ4n) is 4.58. The molecule has 1 aromatic heterocycles. The molecule has 7 heteroatoms. The standard InChI is InChI=1S/C19H17Cl2FN2O2/c20-13-2-1-11(8-14(13)21)24-19(26)18-10-5-12(15(25)6-10)17(18)9-3-4-23-16(22)7-9/h1-4,7-8,10,12,15,17-18,25H,5-6H2,(H,24,26)/t10-,12+,15+,17+,18+/m0/s1. The summed E-state index contributed by atoms with van der Waals surface area (Å²) in [6.45, 7) is 0. The Morgan fingerprint density at radius 1 is 1.19 bits per heavy atom. The first-order valence-electron chi connectivity index (χ1n) is 8.49. The Hall–Kier alpha value is -1.69. The first kappa shape index (κ1) is 17.7. The van der Waals surface area contributed by atoms with Crippen molar-refractivity contribution < 1.29 is 14.3 Å². The summed E-state index contributed by atoms with van der Waals surface area (Å²) in [6, 6.07) is 8.00. The monoisotopic (exact) mass is 394 g/mol. The Morgan fingerprint density at radius 2 is 2.00 bits per heavy atom. The number of halogens is 3. The zero-order chi connectivity index (χ0) is 18.4. The summed E-state index contributed by atoms with van der Waals surface area (Å²) in [6.07, 6.45) is 2.29. The van der Waals surface area contributed by atoms with Crippen molar-refractivity contribution in [2.45, 2.75) is 24.9 Å². The lowest BCUT2D eigenvalue weighted by atomic mass is 9.74. The first-order chi connectivity index (χ1) is 12.4. The quantitative estimate of drug-likeness (QED) is 0.764. The highest BCUT2D eigenvalue weighted by Crippen LogP contribution is 2.57. The Kier molecular flexibility index (Phi) is 4.63. The number of rotatable bonds is 3. The van der Waals surface area contributed by atoms with Gasteiger partial charge in [0.1, 0.15) is 0 Å². The minimum absolute atomic E-state index is 0.0497. The molecule has 5 atom stereocenters. The molecule has 0 saturated heterocycles. The van der Waals surface area contributed by atoms with E-state index in [1.807, 2.05) is 0 Å². The van der Waals surface area contributed by atoms with Crippen LogP contribution >= 0.6 is 23.2 Å². The van der Waals surface area contributed by atoms with Crippen LogP contribution < -0.4 is 5.32 Å². The molecule has 1 amide bonds. The second-order valence-electron chi connectivity index (χ2n) is 7.04. The summed E-state index contributed by atoms with van der Waals surface area (Å²) >= 11 is 11.9. The highest BCUT2D eigenvalue weighted by atomic mass is 35.5. The van der Waals surface area contributed by atoms with Crippen LogP contribution in [0, 0.1) is 23.7 Å². The van der Waals surface area contributed by atoms with Crippen molar-refractivity contribution in [2.24, 2.45) is 17.8 Å². The van der Waals surface area contributed by atoms with E-state index < -0.39 is 12.1 Å². The van der Waals surface area contributed by atoms with Gasteiger partial charge < -0.3 is 10.4 Å². The zero-order valence-electron chi connectivity index (χ0n) is 13.7. The molecule has 2 saturated carbocycles. The molecule has 0 radical (unpaired) electrons. The van der Waals surface area contributed by atoms with Gasteiger partial charge in [-0.05, 0) is 60.6 Å². The van der Waals surface area contributed by atoms with Gasteiger partial charge in [0.25, 0.3) is 0 Å². The predicted octanol–water partition coefficient (Wildman–Crippen LogP) is 4.27. The van der Waals surface area contributed by atoms with Gasteiger partial charge >= 0.3 is 0 Å². The van der Waals surface area contributed by atoms with Crippen molar-refractivity contribution in [3.05, 3.63) is 58.1 Å². The van der Waals surface area contributed by atoms with Crippen molar-refractivity contribution >= 4 is 34.8 Å². The number of aliphatic hydroxyl groups excluding tert-OH is 1. The van der Waals surface area contributed by atoms with E-state index in [4.69, 9.17) is 23.2 Å². The van der Waals surface area contributed by atoms with Crippen LogP contribution in [0.1, 0.15) is 24.3 Å². The van der Waals surface area contributed by atoms with Crippen LogP contribution in [0.25, 0.3) is 0 Å². The molecular formula is C19H17Cl2FN2O2. The lowest BCUT2D eigenvalue weighted by Crippen LogP contribution is -2.37. The third kappa shape index (κ3) is 3.08. The molecule has 2 aliphatic carbocycles. The van der Waals surface area contributed by atoms with Crippen LogP contribution in [-0.2, 0) is 4.79 Å². The highest BCUT2D eigenvalue weighted by molar-refractivity contribution is 6.42. The first-order valence-corrected chi connectivity index (χ1v) is 9.25. The number of benzene rings is 1. The Bertz CT molecular complexity index is 863. The summed E-state index contributed by atoms with van der Waals surface area (Å²) < 4.78 is 13.6. The topological polar surface area (TPSA) is 62.2 Å². The molecule has 0 spiro atoms. The molecule has 4 nitrogen and oxygen atoms in total. The number of carbonyl (C=O) groups excluding carboxylic acids is 1. The van der Waals surface area contributed by atoms with Gasteiger partial charge in [-0.2, -0.15) is 4.39 Å². The molecule has 1 aromatic carbocycles. The predicted molar refractivity (Wildman–Crippen MR) is 97.7 cm³/mol. The minimum Gasteiger partial charge on any atom is -0.393 e. The molecular weight excluding hydrogens is 378 g/mol. The van der Waals surface area contributed by atoms with Crippen molar-refractivity contribution in [1.82, 2.24) is 4.98 Å². The van der Waals surface area contributed by atoms with Gasteiger partial charge in [0.2, 0.25) is 11.9 Å². The van der Waals surface area contributed by atoms with Crippen molar-refractivity contribution in [3.8, 4) is 0 Å². The number of nitrogens with one attached hydrogen (secondary N) is 1. The number of anilines is 1. The van der Waals surface area contributed by atoms with E-state index in [9.17, 15) is 14.3 Å². The number of hydrogen-bond donors (Lipinski definition) is 2. The van der Waals surface area contributed by atoms with Crippen molar-refractivity contribution in [2.75, 3.05) is 5.32 Å². The van der Waals surface area contributed by atoms with Crippen LogP contribution in [-0.4, -0.2) is 22.1 Å². The number of nitrogens with zero attached hydrogens (tertiary/aromatic N) is 1. The molecule has 2 bridgehead atoms. The van der Waals surface area contributed by atoms with Gasteiger partial charge in [-0.3, -0.25) is 4.79 Å². The molecule has 2 fully saturated rings. The van der Waals surface area contributed by atoms with Gasteiger partial charge in [0, 0.05) is 23.7 Å². The van der Waals surface area contributed by atoms with Crippen LogP contribution in [0.15, 0.2) is 36.5 Å². The van der Waals surface area contributed by atoms with Crippen LogP contribution in [0.4, 0.5) is 10.1 Å². The molecule has 1 heterocycles. The molecule has 2 aliphatic rings. The number of fused-ring (bicyclic) bond motifs is 2. The number of aromatic nitrogens is 1. The summed E-state index contributed by atoms with van der Waals surface area (Å²) in [4.78, 5) is 16.6. The van der Waals surface area contributed by atoms with Crippen molar-refractivity contribution in [1.29, 1.82) is 0 Å². The molecule has 136 valence electrons. The number of amides is 1. The third-order valence-corrected chi connectivity index (χ3v) is 6.33. The summed E-state index contributed by atoms with van der Waals surface area (Å²) in [5.41, 5.74) is 1.27. The van der Waals surface area contributed by atoms with Gasteiger partial charge in [-0.15, -0.1) is 0 Å². The van der Waals surface area contributed by atoms with E-state index in [-0.39, 0.29) is 29.6 Å². The van der Waals surface area contributed by atoms with E-state index >= 15 is 0 Å². The maximum atomic E-state index is 13.6. The maximum Gasteiger partial charge on any atom is 0.228 e. The summed E-state index contributed by atoms with van der Waals surface area (Å²) in [7, 11) is 0. The second kappa shape index (κ2) is 6.80. The van der Waals surface area contributed by atoms with E-state index in [1.165, 1.54) is 12.3 Å². The largest absolute Gasteiger partial charge is 0.393 e. The fourth-order valence-corrected chi connectivity index (χ4v) is 4.88. The number of hydrogen-bond acceptors (Lipinski definition) is 3. The lowest BCUT2D eigenvalue weighted by molar-refractivity contribution is -0.122. The lowest BCUT2D eigenvalue weighted by Gasteiger charge is -2.33. The molecule has 26 heavy (non-hydrogen) atoms. The fraction of sp³-hybridized carbons (Fsp3) is 0.368. The molecule has 0 unspecified atom stereocenters. The molecule has 4 rings (SSSR count). The number of pyridine rings is 1. The van der Waals surface area contributed by atoms with Crippen LogP contribution in [0.5, 0.6) is 0 Å². The summed E-state index contributed by atoms with van der Waals surface area (Å²) in [5, 5.41) is 14.0. The maximum absolute atomic E-state index is 13.6. The Morgan fingerprint density at radius 3 is 2.73 bits per heavy atom. The molecule has 0 aliphatic heterocycles. The van der Waals surface area contributed by atoms with E-state index in [1.54, 1.807) is 24.3 Å². The van der Waals surface area contributed by atoms with Crippen LogP contribution in [0.2, 0.25) is 10.0 Å². The van der Waals surface area contributed by atoms with Gasteiger partial charge in [-0.1, -0.05) is 23.2 Å². The van der Waals surface area contributed by atoms with Gasteiger partial charge in [0.05, 0.1) is 16.1 Å². The highest BCUT2D eigenvalue weighted by Gasteiger charge is 2.55. The average molecular weight is 395 g/mol. The Labute approximate surface area is 160 Å². The Balaban J connectivity index is 1.62. The third-order valence-electron chi connectivity index (χ3n) is 5.59. The minimum atomic E-state index is -0.580. The molecule has 2 aromatic rings. The smallest absolute Gasteiger partial charge is 0.228 e. The van der Waals surface area contributed by atoms with E-state index in [0.29, 0.717) is 27.7 Å². The molecule has 2 N–H and O–H groups in total. The van der Waals surface area contributed by atoms with Crippen LogP contribution in [0.3, 0.4) is 0 Å². The average Bonchev–Trinajstić information content (AvgIpc) is 3.15. The normalized spacial score (nSPS) is 29.8. The van der Waals surface area contributed by atoms with Gasteiger partial charge in [-0.25, -0.2) is 4.98 Å². The SMILES string of the molecule is O=C(Nc1ccc(Cl)c(Cl)c1)[C@@H]1[C@H]2C[C@@H]([C@H]1c1ccnc(F)c1)[C@H](O)C2. The summed E-state index contributed by atoms with van der Waals surface area (Å²) in [5.74, 6) is -1.28.